The highest BCUT2D eigenvalue weighted by Crippen LogP contribution is 2.28. The van der Waals surface area contributed by atoms with Crippen LogP contribution in [0.1, 0.15) is 11.1 Å². The Bertz CT molecular complexity index is 1140. The number of aryl methyl sites for hydroxylation is 2. The van der Waals surface area contributed by atoms with Crippen molar-refractivity contribution in [3.05, 3.63) is 58.6 Å². The second kappa shape index (κ2) is 8.48. The number of amides is 1. The van der Waals surface area contributed by atoms with Crippen molar-refractivity contribution in [3.8, 4) is 10.6 Å². The predicted molar refractivity (Wildman–Crippen MR) is 117 cm³/mol. The van der Waals surface area contributed by atoms with Crippen molar-refractivity contribution in [3.63, 3.8) is 0 Å². The molecule has 0 spiro atoms. The number of carbonyl (C=O) groups excluding carboxylic acids is 1. The van der Waals surface area contributed by atoms with Gasteiger partial charge in [0, 0.05) is 10.6 Å². The van der Waals surface area contributed by atoms with Gasteiger partial charge in [-0.1, -0.05) is 52.8 Å². The van der Waals surface area contributed by atoms with Crippen molar-refractivity contribution in [1.29, 1.82) is 0 Å². The number of sulfonamides is 1. The van der Waals surface area contributed by atoms with Gasteiger partial charge in [0.25, 0.3) is 0 Å². The van der Waals surface area contributed by atoms with Crippen molar-refractivity contribution >= 4 is 49.7 Å². The van der Waals surface area contributed by atoms with Crippen LogP contribution in [0.3, 0.4) is 0 Å². The Labute approximate surface area is 178 Å². The molecule has 1 amide bonds. The fraction of sp³-hybridized carbons (Fsp3) is 0.211. The minimum Gasteiger partial charge on any atom is -0.299 e. The zero-order valence-corrected chi connectivity index (χ0v) is 18.4. The van der Waals surface area contributed by atoms with Gasteiger partial charge >= 0.3 is 0 Å². The summed E-state index contributed by atoms with van der Waals surface area (Å²) >= 11 is 7.17. The highest BCUT2D eigenvalue weighted by Gasteiger charge is 2.23. The molecule has 1 N–H and O–H groups in total. The number of hydrogen-bond acceptors (Lipinski definition) is 6. The minimum atomic E-state index is -3.69. The molecule has 152 valence electrons. The number of nitrogens with zero attached hydrogens (tertiary/aromatic N) is 3. The third kappa shape index (κ3) is 5.31. The summed E-state index contributed by atoms with van der Waals surface area (Å²) in [6.07, 6.45) is 1.05. The van der Waals surface area contributed by atoms with Crippen LogP contribution in [0.15, 0.2) is 42.5 Å². The Balaban J connectivity index is 1.77. The summed E-state index contributed by atoms with van der Waals surface area (Å²) in [4.78, 5) is 12.5. The van der Waals surface area contributed by atoms with Gasteiger partial charge in [-0.05, 0) is 37.6 Å². The quantitative estimate of drug-likeness (QED) is 0.615. The first-order valence-corrected chi connectivity index (χ1v) is 11.6. The highest BCUT2D eigenvalue weighted by molar-refractivity contribution is 7.92. The van der Waals surface area contributed by atoms with Crippen LogP contribution in [-0.4, -0.2) is 37.3 Å². The summed E-state index contributed by atoms with van der Waals surface area (Å²) in [5.74, 6) is -0.517. The van der Waals surface area contributed by atoms with Gasteiger partial charge in [-0.2, -0.15) is 0 Å². The number of aromatic nitrogens is 2. The van der Waals surface area contributed by atoms with Crippen LogP contribution >= 0.6 is 22.9 Å². The summed E-state index contributed by atoms with van der Waals surface area (Å²) in [5.41, 5.74) is 3.06. The number of hydrogen-bond donors (Lipinski definition) is 1. The molecule has 7 nitrogen and oxygen atoms in total. The molecule has 2 aromatic carbocycles. The lowest BCUT2D eigenvalue weighted by molar-refractivity contribution is -0.114. The molecule has 0 aliphatic rings. The Morgan fingerprint density at radius 2 is 1.83 bits per heavy atom. The van der Waals surface area contributed by atoms with E-state index in [1.807, 2.05) is 31.2 Å². The van der Waals surface area contributed by atoms with Gasteiger partial charge in [-0.15, -0.1) is 10.2 Å². The van der Waals surface area contributed by atoms with Gasteiger partial charge in [0.2, 0.25) is 21.1 Å². The zero-order chi connectivity index (χ0) is 21.2. The van der Waals surface area contributed by atoms with E-state index in [2.05, 4.69) is 15.5 Å². The molecule has 0 unspecified atom stereocenters. The van der Waals surface area contributed by atoms with E-state index in [-0.39, 0.29) is 6.54 Å². The lowest BCUT2D eigenvalue weighted by atomic mass is 10.2. The maximum Gasteiger partial charge on any atom is 0.246 e. The third-order valence-electron chi connectivity index (χ3n) is 4.08. The standard InChI is InChI=1S/C19H19ClN4O3S2/c1-12-4-6-14(7-5-12)18-22-23-19(28-18)21-17(25)11-24(29(3,26)27)16-9-8-15(20)10-13(16)2/h4-10H,11H2,1-3H3,(H,21,23,25). The smallest absolute Gasteiger partial charge is 0.246 e. The first-order chi connectivity index (χ1) is 13.6. The molecular formula is C19H19ClN4O3S2. The summed E-state index contributed by atoms with van der Waals surface area (Å²) < 4.78 is 25.6. The topological polar surface area (TPSA) is 92.3 Å². The van der Waals surface area contributed by atoms with E-state index in [1.165, 1.54) is 11.3 Å². The second-order valence-electron chi connectivity index (χ2n) is 6.53. The molecule has 0 atom stereocenters. The van der Waals surface area contributed by atoms with Gasteiger partial charge in [-0.25, -0.2) is 8.42 Å². The molecule has 0 aliphatic heterocycles. The normalized spacial score (nSPS) is 11.3. The van der Waals surface area contributed by atoms with E-state index in [4.69, 9.17) is 11.6 Å². The molecule has 1 heterocycles. The van der Waals surface area contributed by atoms with Gasteiger partial charge < -0.3 is 0 Å². The van der Waals surface area contributed by atoms with Crippen molar-refractivity contribution in [1.82, 2.24) is 10.2 Å². The second-order valence-corrected chi connectivity index (χ2v) is 9.85. The highest BCUT2D eigenvalue weighted by atomic mass is 35.5. The van der Waals surface area contributed by atoms with E-state index in [0.717, 1.165) is 21.7 Å². The molecule has 29 heavy (non-hydrogen) atoms. The number of halogens is 1. The lowest BCUT2D eigenvalue weighted by Gasteiger charge is -2.23. The summed E-state index contributed by atoms with van der Waals surface area (Å²) in [6, 6.07) is 12.6. The molecule has 3 aromatic rings. The predicted octanol–water partition coefficient (Wildman–Crippen LogP) is 3.88. The van der Waals surface area contributed by atoms with Crippen LogP contribution in [-0.2, 0) is 14.8 Å². The van der Waals surface area contributed by atoms with Crippen LogP contribution in [0, 0.1) is 13.8 Å². The number of benzene rings is 2. The van der Waals surface area contributed by atoms with Crippen molar-refractivity contribution in [2.75, 3.05) is 22.4 Å². The average Bonchev–Trinajstić information content (AvgIpc) is 3.08. The lowest BCUT2D eigenvalue weighted by Crippen LogP contribution is -2.37. The molecule has 0 fully saturated rings. The fourth-order valence-electron chi connectivity index (χ4n) is 2.66. The van der Waals surface area contributed by atoms with Crippen molar-refractivity contribution in [2.24, 2.45) is 0 Å². The molecule has 0 radical (unpaired) electrons. The maximum absolute atomic E-state index is 12.5. The number of rotatable bonds is 6. The van der Waals surface area contributed by atoms with E-state index in [1.54, 1.807) is 25.1 Å². The Kier molecular flexibility index (Phi) is 6.21. The molecule has 0 bridgehead atoms. The van der Waals surface area contributed by atoms with Crippen LogP contribution in [0.25, 0.3) is 10.6 Å². The number of nitrogens with one attached hydrogen (secondary N) is 1. The monoisotopic (exact) mass is 450 g/mol. The van der Waals surface area contributed by atoms with E-state index < -0.39 is 15.9 Å². The summed E-state index contributed by atoms with van der Waals surface area (Å²) in [6.45, 7) is 3.34. The van der Waals surface area contributed by atoms with Crippen LogP contribution in [0.4, 0.5) is 10.8 Å². The van der Waals surface area contributed by atoms with Crippen molar-refractivity contribution < 1.29 is 13.2 Å². The Morgan fingerprint density at radius 3 is 2.45 bits per heavy atom. The number of carbonyl (C=O) groups is 1. The first kappa shape index (κ1) is 21.2. The van der Waals surface area contributed by atoms with Gasteiger partial charge in [-0.3, -0.25) is 14.4 Å². The first-order valence-electron chi connectivity index (χ1n) is 8.58. The van der Waals surface area contributed by atoms with Gasteiger partial charge in [0.15, 0.2) is 0 Å². The zero-order valence-electron chi connectivity index (χ0n) is 16.0. The summed E-state index contributed by atoms with van der Waals surface area (Å²) in [5, 5.41) is 12.1. The molecular weight excluding hydrogens is 432 g/mol. The third-order valence-corrected chi connectivity index (χ3v) is 6.33. The Hall–Kier alpha value is -2.49. The average molecular weight is 451 g/mol. The van der Waals surface area contributed by atoms with Gasteiger partial charge in [0.1, 0.15) is 11.6 Å². The Morgan fingerprint density at radius 1 is 1.14 bits per heavy atom. The van der Waals surface area contributed by atoms with Crippen LogP contribution in [0.2, 0.25) is 5.02 Å². The molecule has 1 aromatic heterocycles. The molecule has 0 saturated heterocycles. The van der Waals surface area contributed by atoms with E-state index >= 15 is 0 Å². The molecule has 10 heteroatoms. The summed E-state index contributed by atoms with van der Waals surface area (Å²) in [7, 11) is -3.69. The SMILES string of the molecule is Cc1ccc(-c2nnc(NC(=O)CN(c3ccc(Cl)cc3C)S(C)(=O)=O)s2)cc1. The molecule has 0 aliphatic carbocycles. The largest absolute Gasteiger partial charge is 0.299 e. The molecule has 0 saturated carbocycles. The minimum absolute atomic E-state index is 0.298. The number of anilines is 2. The van der Waals surface area contributed by atoms with Gasteiger partial charge in [0.05, 0.1) is 11.9 Å². The fourth-order valence-corrected chi connectivity index (χ4v) is 4.56. The van der Waals surface area contributed by atoms with E-state index in [9.17, 15) is 13.2 Å². The van der Waals surface area contributed by atoms with Crippen LogP contribution < -0.4 is 9.62 Å². The maximum atomic E-state index is 12.5. The van der Waals surface area contributed by atoms with E-state index in [0.29, 0.717) is 26.4 Å². The molecule has 3 rings (SSSR count). The van der Waals surface area contributed by atoms with Crippen molar-refractivity contribution in [2.45, 2.75) is 13.8 Å². The van der Waals surface area contributed by atoms with Crippen LogP contribution in [0.5, 0.6) is 0 Å².